The van der Waals surface area contributed by atoms with Crippen LogP contribution in [0.15, 0.2) is 29.1 Å². The van der Waals surface area contributed by atoms with Gasteiger partial charge in [-0.1, -0.05) is 37.8 Å². The Balaban J connectivity index is 1.39. The van der Waals surface area contributed by atoms with Crippen LogP contribution < -0.4 is 5.56 Å². The molecule has 1 aliphatic carbocycles. The van der Waals surface area contributed by atoms with Crippen molar-refractivity contribution in [2.24, 2.45) is 5.92 Å². The Morgan fingerprint density at radius 1 is 1.15 bits per heavy atom. The van der Waals surface area contributed by atoms with Gasteiger partial charge in [0.15, 0.2) is 0 Å². The van der Waals surface area contributed by atoms with E-state index in [9.17, 15) is 9.59 Å². The Hall–Kier alpha value is -2.17. The molecule has 1 unspecified atom stereocenters. The molecule has 1 saturated carbocycles. The summed E-state index contributed by atoms with van der Waals surface area (Å²) in [7, 11) is 0. The standard InChI is InChI=1S/C21H27N3O2/c25-20(24-13-5-8-16(24)14-15-6-1-2-7-15)12-11-19-22-18-10-4-3-9-17(18)21(26)23-19/h3-4,9-10,15-16H,1-2,5-8,11-14H2,(H,22,23,26). The smallest absolute Gasteiger partial charge is 0.258 e. The highest BCUT2D eigenvalue weighted by molar-refractivity contribution is 5.78. The van der Waals surface area contributed by atoms with Gasteiger partial charge in [0.1, 0.15) is 5.82 Å². The number of nitrogens with zero attached hydrogens (tertiary/aromatic N) is 2. The summed E-state index contributed by atoms with van der Waals surface area (Å²) in [5.74, 6) is 1.63. The predicted molar refractivity (Wildman–Crippen MR) is 102 cm³/mol. The zero-order valence-electron chi connectivity index (χ0n) is 15.2. The van der Waals surface area contributed by atoms with Crippen LogP contribution in [0.2, 0.25) is 0 Å². The van der Waals surface area contributed by atoms with Gasteiger partial charge in [-0.05, 0) is 37.3 Å². The van der Waals surface area contributed by atoms with Crippen molar-refractivity contribution in [3.8, 4) is 0 Å². The summed E-state index contributed by atoms with van der Waals surface area (Å²) in [5.41, 5.74) is 0.567. The minimum absolute atomic E-state index is 0.127. The van der Waals surface area contributed by atoms with Crippen LogP contribution in [0.1, 0.15) is 57.2 Å². The highest BCUT2D eigenvalue weighted by Gasteiger charge is 2.31. The molecule has 2 aliphatic rings. The number of carbonyl (C=O) groups excluding carboxylic acids is 1. The third-order valence-corrected chi connectivity index (χ3v) is 6.02. The summed E-state index contributed by atoms with van der Waals surface area (Å²) in [4.78, 5) is 34.3. The largest absolute Gasteiger partial charge is 0.340 e. The number of amides is 1. The number of rotatable bonds is 5. The lowest BCUT2D eigenvalue weighted by atomic mass is 9.97. The van der Waals surface area contributed by atoms with Crippen molar-refractivity contribution in [3.63, 3.8) is 0 Å². The van der Waals surface area contributed by atoms with Crippen LogP contribution in [0.5, 0.6) is 0 Å². The maximum atomic E-state index is 12.8. The number of hydrogen-bond acceptors (Lipinski definition) is 3. The van der Waals surface area contributed by atoms with E-state index in [4.69, 9.17) is 0 Å². The van der Waals surface area contributed by atoms with E-state index in [1.165, 1.54) is 32.1 Å². The van der Waals surface area contributed by atoms with Crippen molar-refractivity contribution in [1.82, 2.24) is 14.9 Å². The van der Waals surface area contributed by atoms with Crippen LogP contribution in [0, 0.1) is 5.92 Å². The Morgan fingerprint density at radius 2 is 1.96 bits per heavy atom. The number of aryl methyl sites for hydroxylation is 1. The molecule has 1 aromatic carbocycles. The Kier molecular flexibility index (Phi) is 5.05. The second-order valence-electron chi connectivity index (χ2n) is 7.80. The van der Waals surface area contributed by atoms with Crippen molar-refractivity contribution in [2.45, 2.75) is 63.8 Å². The van der Waals surface area contributed by atoms with Gasteiger partial charge in [0.25, 0.3) is 5.56 Å². The topological polar surface area (TPSA) is 66.1 Å². The maximum Gasteiger partial charge on any atom is 0.258 e. The lowest BCUT2D eigenvalue weighted by Gasteiger charge is -2.27. The monoisotopic (exact) mass is 353 g/mol. The van der Waals surface area contributed by atoms with E-state index in [0.717, 1.165) is 25.3 Å². The summed E-state index contributed by atoms with van der Waals surface area (Å²) >= 11 is 0. The normalized spacial score (nSPS) is 20.9. The molecular weight excluding hydrogens is 326 g/mol. The number of benzene rings is 1. The molecular formula is C21H27N3O2. The Bertz CT molecular complexity index is 839. The average Bonchev–Trinajstić information content (AvgIpc) is 3.32. The fraction of sp³-hybridized carbons (Fsp3) is 0.571. The van der Waals surface area contributed by atoms with Gasteiger partial charge in [-0.15, -0.1) is 0 Å². The van der Waals surface area contributed by atoms with Crippen LogP contribution >= 0.6 is 0 Å². The number of aromatic amines is 1. The number of fused-ring (bicyclic) bond motifs is 1. The molecule has 138 valence electrons. The number of hydrogen-bond donors (Lipinski definition) is 1. The predicted octanol–water partition coefficient (Wildman–Crippen LogP) is 3.43. The zero-order valence-corrected chi connectivity index (χ0v) is 15.2. The fourth-order valence-electron chi connectivity index (χ4n) is 4.66. The van der Waals surface area contributed by atoms with Gasteiger partial charge >= 0.3 is 0 Å². The molecule has 0 spiro atoms. The van der Waals surface area contributed by atoms with Crippen LogP contribution in [-0.4, -0.2) is 33.4 Å². The molecule has 1 aliphatic heterocycles. The first-order valence-corrected chi connectivity index (χ1v) is 9.98. The Labute approximate surface area is 153 Å². The number of aromatic nitrogens is 2. The fourth-order valence-corrected chi connectivity index (χ4v) is 4.66. The highest BCUT2D eigenvalue weighted by Crippen LogP contribution is 2.33. The van der Waals surface area contributed by atoms with Gasteiger partial charge in [0, 0.05) is 25.4 Å². The molecule has 1 atom stereocenters. The van der Waals surface area contributed by atoms with Gasteiger partial charge in [-0.2, -0.15) is 0 Å². The molecule has 5 nitrogen and oxygen atoms in total. The molecule has 1 amide bonds. The maximum absolute atomic E-state index is 12.8. The third-order valence-electron chi connectivity index (χ3n) is 6.02. The summed E-state index contributed by atoms with van der Waals surface area (Å²) in [6.45, 7) is 0.887. The van der Waals surface area contributed by atoms with Crippen molar-refractivity contribution in [1.29, 1.82) is 0 Å². The molecule has 0 radical (unpaired) electrons. The van der Waals surface area contributed by atoms with Crippen LogP contribution in [0.4, 0.5) is 0 Å². The highest BCUT2D eigenvalue weighted by atomic mass is 16.2. The summed E-state index contributed by atoms with van der Waals surface area (Å²) in [6.07, 6.45) is 9.73. The molecule has 26 heavy (non-hydrogen) atoms. The van der Waals surface area contributed by atoms with E-state index in [1.54, 1.807) is 6.07 Å². The molecule has 1 saturated heterocycles. The van der Waals surface area contributed by atoms with Crippen LogP contribution in [0.3, 0.4) is 0 Å². The average molecular weight is 353 g/mol. The SMILES string of the molecule is O=C(CCc1nc2ccccc2c(=O)[nH]1)N1CCCC1CC1CCCC1. The first kappa shape index (κ1) is 17.3. The van der Waals surface area contributed by atoms with E-state index in [0.29, 0.717) is 35.6 Å². The lowest BCUT2D eigenvalue weighted by Crippen LogP contribution is -2.36. The number of nitrogens with one attached hydrogen (secondary N) is 1. The second kappa shape index (κ2) is 7.60. The minimum Gasteiger partial charge on any atom is -0.340 e. The van der Waals surface area contributed by atoms with E-state index in [1.807, 2.05) is 18.2 Å². The molecule has 2 fully saturated rings. The number of para-hydroxylation sites is 1. The number of carbonyl (C=O) groups is 1. The van der Waals surface area contributed by atoms with E-state index in [2.05, 4.69) is 14.9 Å². The summed E-state index contributed by atoms with van der Waals surface area (Å²) in [5, 5.41) is 0.596. The second-order valence-corrected chi connectivity index (χ2v) is 7.80. The van der Waals surface area contributed by atoms with Crippen LogP contribution in [-0.2, 0) is 11.2 Å². The molecule has 1 aromatic heterocycles. The van der Waals surface area contributed by atoms with Gasteiger partial charge < -0.3 is 9.88 Å². The zero-order chi connectivity index (χ0) is 17.9. The molecule has 1 N–H and O–H groups in total. The van der Waals surface area contributed by atoms with E-state index in [-0.39, 0.29) is 11.5 Å². The first-order valence-electron chi connectivity index (χ1n) is 9.98. The van der Waals surface area contributed by atoms with Gasteiger partial charge in [0.05, 0.1) is 10.9 Å². The van der Waals surface area contributed by atoms with Gasteiger partial charge in [0.2, 0.25) is 5.91 Å². The Morgan fingerprint density at radius 3 is 2.81 bits per heavy atom. The third kappa shape index (κ3) is 3.67. The van der Waals surface area contributed by atoms with Crippen molar-refractivity contribution in [3.05, 3.63) is 40.4 Å². The van der Waals surface area contributed by atoms with Crippen LogP contribution in [0.25, 0.3) is 10.9 Å². The molecule has 2 heterocycles. The number of likely N-dealkylation sites (tertiary alicyclic amines) is 1. The molecule has 2 aromatic rings. The first-order chi connectivity index (χ1) is 12.7. The van der Waals surface area contributed by atoms with Crippen molar-refractivity contribution in [2.75, 3.05) is 6.54 Å². The summed E-state index contributed by atoms with van der Waals surface area (Å²) < 4.78 is 0. The molecule has 0 bridgehead atoms. The number of H-pyrrole nitrogens is 1. The van der Waals surface area contributed by atoms with Crippen molar-refractivity contribution >= 4 is 16.8 Å². The van der Waals surface area contributed by atoms with Gasteiger partial charge in [-0.25, -0.2) is 4.98 Å². The molecule has 5 heteroatoms. The van der Waals surface area contributed by atoms with Gasteiger partial charge in [-0.3, -0.25) is 9.59 Å². The summed E-state index contributed by atoms with van der Waals surface area (Å²) in [6, 6.07) is 7.75. The van der Waals surface area contributed by atoms with E-state index >= 15 is 0 Å². The van der Waals surface area contributed by atoms with E-state index < -0.39 is 0 Å². The minimum atomic E-state index is -0.127. The quantitative estimate of drug-likeness (QED) is 0.895. The van der Waals surface area contributed by atoms with Crippen molar-refractivity contribution < 1.29 is 4.79 Å². The lowest BCUT2D eigenvalue weighted by molar-refractivity contribution is -0.132. The molecule has 4 rings (SSSR count).